The number of rotatable bonds is 8. The zero-order valence-corrected chi connectivity index (χ0v) is 28.8. The number of primary amides is 1. The number of fused-ring (bicyclic) bond motifs is 2. The summed E-state index contributed by atoms with van der Waals surface area (Å²) in [6.45, 7) is 7.27. The summed E-state index contributed by atoms with van der Waals surface area (Å²) < 4.78 is 28.2. The molecule has 13 nitrogen and oxygen atoms in total. The summed E-state index contributed by atoms with van der Waals surface area (Å²) in [6, 6.07) is 0. The maximum atomic E-state index is 13.5. The number of nitrogens with one attached hydrogen (secondary N) is 1. The van der Waals surface area contributed by atoms with Gasteiger partial charge in [-0.1, -0.05) is 38.2 Å². The van der Waals surface area contributed by atoms with Crippen molar-refractivity contribution in [3.63, 3.8) is 0 Å². The largest absolute Gasteiger partial charge is 0.492 e. The van der Waals surface area contributed by atoms with Crippen LogP contribution in [0.1, 0.15) is 53.4 Å². The van der Waals surface area contributed by atoms with Crippen LogP contribution >= 0.6 is 12.4 Å². The van der Waals surface area contributed by atoms with Crippen molar-refractivity contribution in [1.29, 1.82) is 0 Å². The van der Waals surface area contributed by atoms with Gasteiger partial charge in [-0.2, -0.15) is 0 Å². The highest BCUT2D eigenvalue weighted by atomic mass is 35.5. The summed E-state index contributed by atoms with van der Waals surface area (Å²) in [7, 11) is 4.21. The van der Waals surface area contributed by atoms with E-state index in [1.165, 1.54) is 40.4 Å². The second-order valence-corrected chi connectivity index (χ2v) is 11.4. The number of halogens is 1. The van der Waals surface area contributed by atoms with Gasteiger partial charge in [0.1, 0.15) is 12.2 Å². The maximum absolute atomic E-state index is 13.5. The van der Waals surface area contributed by atoms with Gasteiger partial charge in [-0.25, -0.2) is 4.79 Å². The number of hydrogen-bond donors (Lipinski definition) is 3. The molecule has 0 aromatic carbocycles. The predicted octanol–water partition coefficient (Wildman–Crippen LogP) is 3.12. The summed E-state index contributed by atoms with van der Waals surface area (Å²) in [5.74, 6) is -3.02. The third-order valence-electron chi connectivity index (χ3n) is 7.76. The molecule has 0 aromatic heterocycles. The summed E-state index contributed by atoms with van der Waals surface area (Å²) in [5.41, 5.74) is 11.7. The normalized spacial score (nSPS) is 29.2. The molecule has 2 aliphatic rings. The Bertz CT molecular complexity index is 1320. The van der Waals surface area contributed by atoms with Crippen molar-refractivity contribution in [2.75, 3.05) is 27.9 Å². The Kier molecular flexibility index (Phi) is 17.4. The highest BCUT2D eigenvalue weighted by Gasteiger charge is 2.35. The third-order valence-corrected chi connectivity index (χ3v) is 7.76. The molecule has 1 aliphatic heterocycles. The van der Waals surface area contributed by atoms with Crippen molar-refractivity contribution in [2.45, 2.75) is 77.8 Å². The molecule has 2 rings (SSSR count). The van der Waals surface area contributed by atoms with E-state index < -0.39 is 59.9 Å². The van der Waals surface area contributed by atoms with E-state index in [0.717, 1.165) is 6.08 Å². The minimum Gasteiger partial charge on any atom is -0.492 e. The van der Waals surface area contributed by atoms with Gasteiger partial charge in [-0.15, -0.1) is 12.4 Å². The lowest BCUT2D eigenvalue weighted by Gasteiger charge is -2.32. The van der Waals surface area contributed by atoms with Crippen molar-refractivity contribution >= 4 is 41.9 Å². The molecule has 0 spiro atoms. The molecule has 2 amide bonds. The monoisotopic (exact) mass is 681 g/mol. The standard InChI is InChI=1S/C33H47N3O10.ClH/c1-18-14-22-28(39)23(17-24(37)31(22)44-7)36-32(40)19(2)10-8-11-25(42-5)29(46-33(35)41)20(3)16-21(4)30(26(15-18)43-6)45-27(38)12-9-13-34;/h8,10-11,16-18,21,25-26,29-30H,9,12-15,34H2,1-7H3,(H2,35,41)(H,36,40);1H/b11-8-,19-10+,20-16+;. The molecule has 2 bridgehead atoms. The molecule has 1 aliphatic carbocycles. The molecular weight excluding hydrogens is 634 g/mol. The van der Waals surface area contributed by atoms with Crippen LogP contribution in [0.4, 0.5) is 4.79 Å². The topological polar surface area (TPSA) is 196 Å². The molecule has 0 saturated carbocycles. The maximum Gasteiger partial charge on any atom is 0.405 e. The smallest absolute Gasteiger partial charge is 0.405 e. The Hall–Kier alpha value is -3.78. The number of ketones is 2. The van der Waals surface area contributed by atoms with E-state index in [4.69, 9.17) is 35.2 Å². The number of Topliss-reactive ketones (excluding diaryl/α,β-unsaturated/α-hetero) is 1. The number of ether oxygens (including phenoxy) is 5. The van der Waals surface area contributed by atoms with Crippen LogP contribution in [0.5, 0.6) is 0 Å². The lowest BCUT2D eigenvalue weighted by molar-refractivity contribution is -0.160. The van der Waals surface area contributed by atoms with Crippen LogP contribution in [-0.4, -0.2) is 81.8 Å². The number of nitrogens with two attached hydrogens (primary N) is 2. The minimum atomic E-state index is -1.03. The van der Waals surface area contributed by atoms with Gasteiger partial charge in [-0.05, 0) is 51.1 Å². The molecular formula is C33H48ClN3O10. The Morgan fingerprint density at radius 1 is 1.04 bits per heavy atom. The van der Waals surface area contributed by atoms with Crippen LogP contribution in [0.25, 0.3) is 0 Å². The van der Waals surface area contributed by atoms with Crippen molar-refractivity contribution < 1.29 is 47.7 Å². The van der Waals surface area contributed by atoms with E-state index >= 15 is 0 Å². The van der Waals surface area contributed by atoms with E-state index in [9.17, 15) is 24.0 Å². The fourth-order valence-corrected chi connectivity index (χ4v) is 5.41. The number of allylic oxidation sites excluding steroid dienone is 4. The summed E-state index contributed by atoms with van der Waals surface area (Å²) in [5, 5.41) is 2.53. The van der Waals surface area contributed by atoms with Crippen LogP contribution in [-0.2, 0) is 42.9 Å². The fourth-order valence-electron chi connectivity index (χ4n) is 5.41. The first-order valence-corrected chi connectivity index (χ1v) is 15.1. The lowest BCUT2D eigenvalue weighted by Crippen LogP contribution is -2.40. The second-order valence-electron chi connectivity index (χ2n) is 11.4. The van der Waals surface area contributed by atoms with Crippen molar-refractivity contribution in [1.82, 2.24) is 5.32 Å². The SMILES string of the molecule is COC1=C2CC(C)CC(OC)C(OC(=O)CCCN)C(C)/C=C(\C)C(OC(N)=O)C(OC)/C=C\C=C(/C)C(=O)NC(=CC1=O)C2=O.Cl. The summed E-state index contributed by atoms with van der Waals surface area (Å²) in [4.78, 5) is 64.2. The minimum absolute atomic E-state index is 0. The Labute approximate surface area is 282 Å². The van der Waals surface area contributed by atoms with Gasteiger partial charge in [0.15, 0.2) is 11.9 Å². The van der Waals surface area contributed by atoms with Crippen LogP contribution in [0.3, 0.4) is 0 Å². The molecule has 1 heterocycles. The average Bonchev–Trinajstić information content (AvgIpc) is 3.00. The third kappa shape index (κ3) is 11.8. The average molecular weight is 682 g/mol. The van der Waals surface area contributed by atoms with Gasteiger partial charge in [-0.3, -0.25) is 19.2 Å². The zero-order valence-electron chi connectivity index (χ0n) is 28.0. The quantitative estimate of drug-likeness (QED) is 0.193. The first-order valence-electron chi connectivity index (χ1n) is 15.1. The van der Waals surface area contributed by atoms with Crippen molar-refractivity contribution in [3.05, 3.63) is 58.6 Å². The van der Waals surface area contributed by atoms with Crippen LogP contribution in [0.2, 0.25) is 0 Å². The molecule has 5 N–H and O–H groups in total. The Morgan fingerprint density at radius 2 is 1.72 bits per heavy atom. The van der Waals surface area contributed by atoms with Gasteiger partial charge in [0.05, 0.1) is 18.9 Å². The number of carbonyl (C=O) groups excluding carboxylic acids is 5. The van der Waals surface area contributed by atoms with Gasteiger partial charge >= 0.3 is 12.1 Å². The number of amides is 2. The molecule has 0 saturated heterocycles. The molecule has 6 unspecified atom stereocenters. The van der Waals surface area contributed by atoms with E-state index in [0.29, 0.717) is 25.0 Å². The first kappa shape index (κ1) is 41.2. The van der Waals surface area contributed by atoms with E-state index in [1.807, 2.05) is 13.8 Å². The van der Waals surface area contributed by atoms with Crippen LogP contribution in [0.15, 0.2) is 58.6 Å². The molecule has 262 valence electrons. The van der Waals surface area contributed by atoms with E-state index in [1.54, 1.807) is 19.1 Å². The number of methoxy groups -OCH3 is 3. The highest BCUT2D eigenvalue weighted by molar-refractivity contribution is 6.23. The molecule has 6 atom stereocenters. The van der Waals surface area contributed by atoms with Gasteiger partial charge in [0.2, 0.25) is 11.6 Å². The van der Waals surface area contributed by atoms with E-state index in [2.05, 4.69) is 5.32 Å². The summed E-state index contributed by atoms with van der Waals surface area (Å²) >= 11 is 0. The molecule has 14 heteroatoms. The Balaban J connectivity index is 0.0000110. The van der Waals surface area contributed by atoms with Gasteiger partial charge in [0, 0.05) is 43.8 Å². The number of esters is 1. The highest BCUT2D eigenvalue weighted by Crippen LogP contribution is 2.30. The zero-order chi connectivity index (χ0) is 34.6. The molecule has 0 radical (unpaired) electrons. The molecule has 0 fully saturated rings. The first-order chi connectivity index (χ1) is 21.8. The molecule has 47 heavy (non-hydrogen) atoms. The second kappa shape index (κ2) is 19.8. The van der Waals surface area contributed by atoms with Gasteiger partial charge < -0.3 is 40.5 Å². The fraction of sp³-hybridized carbons (Fsp3) is 0.545. The summed E-state index contributed by atoms with van der Waals surface area (Å²) in [6.07, 6.45) is 4.09. The lowest BCUT2D eigenvalue weighted by atomic mass is 9.85. The van der Waals surface area contributed by atoms with Gasteiger partial charge in [0.25, 0.3) is 5.91 Å². The van der Waals surface area contributed by atoms with Crippen molar-refractivity contribution in [3.8, 4) is 0 Å². The predicted molar refractivity (Wildman–Crippen MR) is 176 cm³/mol. The Morgan fingerprint density at radius 3 is 2.30 bits per heavy atom. The molecule has 0 aromatic rings. The number of carbonyl (C=O) groups is 5. The van der Waals surface area contributed by atoms with E-state index in [-0.39, 0.29) is 53.8 Å². The van der Waals surface area contributed by atoms with Crippen LogP contribution in [0, 0.1) is 11.8 Å². The number of hydrogen-bond acceptors (Lipinski definition) is 11. The van der Waals surface area contributed by atoms with Crippen LogP contribution < -0.4 is 16.8 Å². The van der Waals surface area contributed by atoms with Crippen molar-refractivity contribution in [2.24, 2.45) is 23.3 Å².